The summed E-state index contributed by atoms with van der Waals surface area (Å²) in [5, 5.41) is 13.7. The van der Waals surface area contributed by atoms with Gasteiger partial charge in [-0.3, -0.25) is 19.3 Å². The molecule has 3 aromatic carbocycles. The van der Waals surface area contributed by atoms with Gasteiger partial charge in [-0.05, 0) is 61.5 Å². The Morgan fingerprint density at radius 2 is 1.76 bits per heavy atom. The summed E-state index contributed by atoms with van der Waals surface area (Å²) in [5.74, 6) is -1.97. The molecule has 3 heterocycles. The number of methoxy groups -OCH3 is 1. The van der Waals surface area contributed by atoms with Gasteiger partial charge in [0.05, 0.1) is 24.5 Å². The fraction of sp³-hybridized carbons (Fsp3) is 0.133. The molecule has 0 unspecified atom stereocenters. The van der Waals surface area contributed by atoms with E-state index < -0.39 is 29.1 Å². The Bertz CT molecular complexity index is 1860. The molecule has 2 aromatic heterocycles. The van der Waals surface area contributed by atoms with Crippen LogP contribution in [0.15, 0.2) is 79.0 Å². The van der Waals surface area contributed by atoms with Crippen molar-refractivity contribution in [1.82, 2.24) is 14.9 Å². The minimum atomic E-state index is -1.50. The number of carboxylic acids is 1. The Kier molecular flexibility index (Phi) is 7.33. The van der Waals surface area contributed by atoms with Gasteiger partial charge in [-0.15, -0.1) is 0 Å². The predicted octanol–water partition coefficient (Wildman–Crippen LogP) is 4.10. The van der Waals surface area contributed by atoms with Crippen LogP contribution in [-0.4, -0.2) is 69.1 Å². The average molecular weight is 563 g/mol. The average Bonchev–Trinajstić information content (AvgIpc) is 3.37. The number of nitrogens with one attached hydrogen (secondary N) is 1. The molecular weight excluding hydrogens is 538 g/mol. The van der Waals surface area contributed by atoms with Gasteiger partial charge in [0.25, 0.3) is 11.8 Å². The Labute approximate surface area is 255 Å². The van der Waals surface area contributed by atoms with Gasteiger partial charge in [-0.25, -0.2) is 9.37 Å². The topological polar surface area (TPSA) is 114 Å². The van der Waals surface area contributed by atoms with E-state index in [2.05, 4.69) is 10.3 Å². The van der Waals surface area contributed by atoms with Gasteiger partial charge in [-0.1, -0.05) is 18.2 Å². The van der Waals surface area contributed by atoms with E-state index >= 15 is 0 Å². The molecule has 0 saturated carbocycles. The van der Waals surface area contributed by atoms with Crippen LogP contribution in [-0.2, 0) is 21.7 Å². The van der Waals surface area contributed by atoms with Crippen molar-refractivity contribution in [3.8, 4) is 5.75 Å². The summed E-state index contributed by atoms with van der Waals surface area (Å²) in [6, 6.07) is 19.5. The number of hydrogen-bond donors (Lipinski definition) is 2. The molecule has 6 rings (SSSR count). The summed E-state index contributed by atoms with van der Waals surface area (Å²) in [5.41, 5.74) is 1.32. The fourth-order valence-electron chi connectivity index (χ4n) is 5.32. The molecule has 2 N–H and O–H groups in total. The first-order chi connectivity index (χ1) is 19.2. The van der Waals surface area contributed by atoms with E-state index in [9.17, 15) is 23.9 Å². The van der Waals surface area contributed by atoms with Crippen LogP contribution in [0.25, 0.3) is 21.8 Å². The van der Waals surface area contributed by atoms with E-state index in [0.717, 1.165) is 5.39 Å². The number of aromatic nitrogens is 2. The molecule has 1 aliphatic rings. The van der Waals surface area contributed by atoms with Crippen LogP contribution in [0.1, 0.15) is 23.0 Å². The number of amides is 2. The number of hydrogen-bond acceptors (Lipinski definition) is 5. The van der Waals surface area contributed by atoms with Gasteiger partial charge < -0.3 is 19.7 Å². The van der Waals surface area contributed by atoms with Crippen molar-refractivity contribution in [2.24, 2.45) is 0 Å². The monoisotopic (exact) mass is 562 g/mol. The van der Waals surface area contributed by atoms with E-state index in [-0.39, 0.29) is 41.8 Å². The molecule has 202 valence electrons. The number of halogens is 1. The normalized spacial score (nSPS) is 16.0. The third kappa shape index (κ3) is 4.63. The molecule has 0 saturated heterocycles. The van der Waals surface area contributed by atoms with Crippen molar-refractivity contribution in [3.63, 3.8) is 0 Å². The number of pyridine rings is 1. The van der Waals surface area contributed by atoms with Crippen LogP contribution in [0, 0.1) is 5.82 Å². The Morgan fingerprint density at radius 3 is 2.46 bits per heavy atom. The van der Waals surface area contributed by atoms with Crippen molar-refractivity contribution >= 4 is 80.5 Å². The van der Waals surface area contributed by atoms with Crippen molar-refractivity contribution < 1.29 is 28.6 Å². The zero-order valence-electron chi connectivity index (χ0n) is 21.5. The van der Waals surface area contributed by atoms with Crippen LogP contribution in [0.2, 0.25) is 0 Å². The quantitative estimate of drug-likeness (QED) is 0.302. The van der Waals surface area contributed by atoms with Crippen molar-refractivity contribution in [2.45, 2.75) is 19.0 Å². The van der Waals surface area contributed by atoms with Gasteiger partial charge >= 0.3 is 35.5 Å². The number of aliphatic carboxylic acids is 1. The van der Waals surface area contributed by atoms with Crippen molar-refractivity contribution in [3.05, 3.63) is 96.1 Å². The molecular formula is C30H24FN4NaO5. The Morgan fingerprint density at radius 1 is 1.02 bits per heavy atom. The summed E-state index contributed by atoms with van der Waals surface area (Å²) < 4.78 is 20.7. The van der Waals surface area contributed by atoms with E-state index in [1.54, 1.807) is 35.8 Å². The molecule has 0 spiro atoms. The predicted molar refractivity (Wildman–Crippen MR) is 153 cm³/mol. The second kappa shape index (κ2) is 10.6. The van der Waals surface area contributed by atoms with Gasteiger partial charge in [0.2, 0.25) is 0 Å². The molecule has 0 radical (unpaired) electrons. The molecule has 9 nitrogen and oxygen atoms in total. The van der Waals surface area contributed by atoms with Gasteiger partial charge in [0.1, 0.15) is 29.3 Å². The number of benzene rings is 3. The summed E-state index contributed by atoms with van der Waals surface area (Å²) in [4.78, 5) is 44.8. The summed E-state index contributed by atoms with van der Waals surface area (Å²) >= 11 is 0. The molecule has 1 atom stereocenters. The van der Waals surface area contributed by atoms with Crippen LogP contribution >= 0.6 is 0 Å². The number of anilines is 2. The third-order valence-corrected chi connectivity index (χ3v) is 7.25. The van der Waals surface area contributed by atoms with E-state index in [1.807, 2.05) is 24.3 Å². The summed E-state index contributed by atoms with van der Waals surface area (Å²) in [7, 11) is 1.51. The number of para-hydroxylation sites is 1. The molecule has 0 fully saturated rings. The van der Waals surface area contributed by atoms with E-state index in [1.165, 1.54) is 42.5 Å². The molecule has 1 aliphatic heterocycles. The van der Waals surface area contributed by atoms with E-state index in [0.29, 0.717) is 39.1 Å². The molecule has 41 heavy (non-hydrogen) atoms. The Balaban J connectivity index is 0.00000337. The standard InChI is InChI=1S/C30H23FN4O5.Na.H/c1-30(22-13-19(40-2)11-12-25(22)35(29(30)39)18-9-7-17(31)8-10-18)33-28(38)23-14-21-20-5-3-4-6-24(20)34(16-27(36)37)26(21)15-32-23;;/h3-15H,16H2,1-2H3,(H,33,38)(H,36,37);;/t30-;;/m0../s1. The Hall–Kier alpha value is -4.25. The number of carbonyl (C=O) groups is 3. The van der Waals surface area contributed by atoms with Crippen molar-refractivity contribution in [1.29, 1.82) is 0 Å². The first-order valence-corrected chi connectivity index (χ1v) is 12.4. The molecule has 2 amide bonds. The first-order valence-electron chi connectivity index (χ1n) is 12.4. The fourth-order valence-corrected chi connectivity index (χ4v) is 5.32. The van der Waals surface area contributed by atoms with Crippen LogP contribution in [0.3, 0.4) is 0 Å². The van der Waals surface area contributed by atoms with Gasteiger partial charge in [0.15, 0.2) is 0 Å². The molecule has 0 bridgehead atoms. The zero-order chi connectivity index (χ0) is 28.2. The number of rotatable bonds is 6. The first kappa shape index (κ1) is 28.3. The summed E-state index contributed by atoms with van der Waals surface area (Å²) in [6.07, 6.45) is 1.47. The van der Waals surface area contributed by atoms with Crippen LogP contribution in [0.5, 0.6) is 5.75 Å². The molecule has 5 aromatic rings. The van der Waals surface area contributed by atoms with Crippen LogP contribution < -0.4 is 15.0 Å². The van der Waals surface area contributed by atoms with Gasteiger partial charge in [0, 0.05) is 27.5 Å². The number of carbonyl (C=O) groups excluding carboxylic acids is 2. The second-order valence-electron chi connectivity index (χ2n) is 9.66. The summed E-state index contributed by atoms with van der Waals surface area (Å²) in [6.45, 7) is 1.34. The van der Waals surface area contributed by atoms with Crippen molar-refractivity contribution in [2.75, 3.05) is 12.0 Å². The number of carboxylic acid groups (broad SMARTS) is 1. The minimum absolute atomic E-state index is 0. The molecule has 0 aliphatic carbocycles. The zero-order valence-corrected chi connectivity index (χ0v) is 21.5. The SMILES string of the molecule is COc1ccc2c(c1)[C@](C)(NC(=O)c1cc3c4ccccc4n(CC(=O)O)c3cn1)C(=O)N2c1ccc(F)cc1.[NaH]. The van der Waals surface area contributed by atoms with E-state index in [4.69, 9.17) is 4.74 Å². The second-order valence-corrected chi connectivity index (χ2v) is 9.66. The van der Waals surface area contributed by atoms with Crippen LogP contribution in [0.4, 0.5) is 15.8 Å². The number of nitrogens with zero attached hydrogens (tertiary/aromatic N) is 3. The number of fused-ring (bicyclic) bond motifs is 4. The third-order valence-electron chi connectivity index (χ3n) is 7.25. The van der Waals surface area contributed by atoms with Gasteiger partial charge in [-0.2, -0.15) is 0 Å². The molecule has 11 heteroatoms. The maximum absolute atomic E-state index is 13.9. The maximum atomic E-state index is 13.9. The number of ether oxygens (including phenoxy) is 1.